The Bertz CT molecular complexity index is 2910. The molecule has 9 rings (SSSR count). The van der Waals surface area contributed by atoms with Crippen molar-refractivity contribution in [1.82, 2.24) is 19.5 Å². The highest BCUT2D eigenvalue weighted by molar-refractivity contribution is 6.09. The lowest BCUT2D eigenvalue weighted by Gasteiger charge is -2.16. The molecule has 0 saturated heterocycles. The molecule has 230 valence electrons. The number of aromatic nitrogens is 4. The molecule has 49 heavy (non-hydrogen) atoms. The number of rotatable bonds is 6. The number of hydrogen-bond donors (Lipinski definition) is 0. The second-order valence-electron chi connectivity index (χ2n) is 11.5. The van der Waals surface area contributed by atoms with Crippen LogP contribution in [0.25, 0.3) is 83.9 Å². The topological polar surface area (TPSA) is 43.6 Å². The molecule has 4 nitrogen and oxygen atoms in total. The lowest BCUT2D eigenvalue weighted by molar-refractivity contribution is 1.06. The Hall–Kier alpha value is -6.65. The molecule has 2 aromatic heterocycles. The first-order valence-corrected chi connectivity index (χ1v) is 15.8. The van der Waals surface area contributed by atoms with Gasteiger partial charge in [0.2, 0.25) is 0 Å². The van der Waals surface area contributed by atoms with E-state index >= 15 is 0 Å². The number of para-hydroxylation sites is 2. The van der Waals surface area contributed by atoms with Crippen molar-refractivity contribution in [3.63, 3.8) is 0 Å². The van der Waals surface area contributed by atoms with Crippen LogP contribution in [0.5, 0.6) is 0 Å². The fraction of sp³-hybridized carbons (Fsp3) is 0. The summed E-state index contributed by atoms with van der Waals surface area (Å²) in [5, 5.41) is -0.0293. The van der Waals surface area contributed by atoms with Gasteiger partial charge in [-0.2, -0.15) is 0 Å². The molecule has 0 spiro atoms. The van der Waals surface area contributed by atoms with Gasteiger partial charge in [-0.3, -0.25) is 0 Å². The second-order valence-corrected chi connectivity index (χ2v) is 11.5. The quantitative estimate of drug-likeness (QED) is 0.183. The highest BCUT2D eigenvalue weighted by Crippen LogP contribution is 2.38. The third kappa shape index (κ3) is 5.26. The summed E-state index contributed by atoms with van der Waals surface area (Å²) in [6.07, 6.45) is 0. The zero-order valence-electron chi connectivity index (χ0n) is 34.0. The van der Waals surface area contributed by atoms with Gasteiger partial charge in [-0.1, -0.05) is 152 Å². The van der Waals surface area contributed by atoms with Gasteiger partial charge in [0.05, 0.1) is 27.7 Å². The molecular weight excluding hydrogens is 597 g/mol. The summed E-state index contributed by atoms with van der Waals surface area (Å²) in [6.45, 7) is 0. The molecular formula is C45H30N4. The minimum atomic E-state index is -0.509. The van der Waals surface area contributed by atoms with Crippen molar-refractivity contribution in [3.05, 3.63) is 182 Å². The second kappa shape index (κ2) is 12.2. The van der Waals surface area contributed by atoms with Crippen LogP contribution in [0, 0.1) is 0 Å². The van der Waals surface area contributed by atoms with Crippen LogP contribution >= 0.6 is 0 Å². The summed E-state index contributed by atoms with van der Waals surface area (Å²) < 4.78 is 72.3. The summed E-state index contributed by atoms with van der Waals surface area (Å²) in [7, 11) is 0. The minimum absolute atomic E-state index is 0.00342. The average molecular weight is 635 g/mol. The highest BCUT2D eigenvalue weighted by Gasteiger charge is 2.20. The molecule has 0 radical (unpaired) electrons. The van der Waals surface area contributed by atoms with E-state index < -0.39 is 48.3 Å². The van der Waals surface area contributed by atoms with Crippen LogP contribution < -0.4 is 0 Å². The smallest absolute Gasteiger partial charge is 0.166 e. The van der Waals surface area contributed by atoms with Crippen molar-refractivity contribution in [2.45, 2.75) is 0 Å². The number of nitrogens with zero attached hydrogens (tertiary/aromatic N) is 4. The molecule has 0 aliphatic heterocycles. The lowest BCUT2D eigenvalue weighted by Crippen LogP contribution is -2.04. The third-order valence-electron chi connectivity index (χ3n) is 8.51. The van der Waals surface area contributed by atoms with Gasteiger partial charge in [0.15, 0.2) is 17.5 Å². The van der Waals surface area contributed by atoms with Crippen molar-refractivity contribution < 1.29 is 11.0 Å². The Labute approximate surface area is 295 Å². The highest BCUT2D eigenvalue weighted by atomic mass is 15.1. The predicted molar refractivity (Wildman–Crippen MR) is 201 cm³/mol. The fourth-order valence-electron chi connectivity index (χ4n) is 6.19. The first kappa shape index (κ1) is 21.3. The van der Waals surface area contributed by atoms with Gasteiger partial charge < -0.3 is 4.57 Å². The molecule has 0 aliphatic carbocycles. The molecule has 0 unspecified atom stereocenters. The monoisotopic (exact) mass is 634 g/mol. The van der Waals surface area contributed by atoms with Gasteiger partial charge in [0, 0.05) is 27.5 Å². The molecule has 0 atom stereocenters. The zero-order chi connectivity index (χ0) is 39.5. The van der Waals surface area contributed by atoms with E-state index in [1.54, 1.807) is 6.07 Å². The molecule has 2 heterocycles. The normalized spacial score (nSPS) is 13.6. The van der Waals surface area contributed by atoms with E-state index in [-0.39, 0.29) is 27.6 Å². The van der Waals surface area contributed by atoms with Crippen LogP contribution in [0.15, 0.2) is 182 Å². The molecule has 0 bridgehead atoms. The van der Waals surface area contributed by atoms with E-state index in [4.69, 9.17) is 23.2 Å². The molecule has 7 aromatic carbocycles. The van der Waals surface area contributed by atoms with Gasteiger partial charge in [0.25, 0.3) is 0 Å². The first-order chi connectivity index (χ1) is 27.6. The van der Waals surface area contributed by atoms with Crippen molar-refractivity contribution in [2.24, 2.45) is 0 Å². The van der Waals surface area contributed by atoms with Crippen molar-refractivity contribution in [1.29, 1.82) is 0 Å². The predicted octanol–water partition coefficient (Wildman–Crippen LogP) is 11.3. The van der Waals surface area contributed by atoms with Crippen LogP contribution in [0.4, 0.5) is 0 Å². The van der Waals surface area contributed by atoms with E-state index in [0.717, 1.165) is 33.4 Å². The lowest BCUT2D eigenvalue weighted by atomic mass is 9.97. The molecule has 9 aromatic rings. The van der Waals surface area contributed by atoms with Crippen LogP contribution in [-0.2, 0) is 0 Å². The van der Waals surface area contributed by atoms with Crippen molar-refractivity contribution >= 4 is 21.8 Å². The van der Waals surface area contributed by atoms with Gasteiger partial charge in [0.1, 0.15) is 0 Å². The summed E-state index contributed by atoms with van der Waals surface area (Å²) in [6, 6.07) is 39.1. The SMILES string of the molecule is [2H]c1c([2H])c([2H])c2c(c1[2H])c1c([2H])c([2H])c([2H])c([2H])c1n2-c1ccc(-c2cccc(-c3ccccc3)c2)cc1-c1nc(-c2ccccc2)nc(-c2ccccc2)n1. The summed E-state index contributed by atoms with van der Waals surface area (Å²) in [5.41, 5.74) is 6.00. The van der Waals surface area contributed by atoms with Crippen molar-refractivity contribution in [2.75, 3.05) is 0 Å². The van der Waals surface area contributed by atoms with Gasteiger partial charge in [-0.15, -0.1) is 0 Å². The Morgan fingerprint density at radius 2 is 0.837 bits per heavy atom. The van der Waals surface area contributed by atoms with E-state index in [0.29, 0.717) is 22.9 Å². The molecule has 0 N–H and O–H groups in total. The maximum atomic E-state index is 9.18. The van der Waals surface area contributed by atoms with E-state index in [9.17, 15) is 2.74 Å². The van der Waals surface area contributed by atoms with Gasteiger partial charge in [-0.25, -0.2) is 15.0 Å². The third-order valence-corrected chi connectivity index (χ3v) is 8.51. The van der Waals surface area contributed by atoms with Crippen LogP contribution in [0.2, 0.25) is 0 Å². The van der Waals surface area contributed by atoms with Crippen LogP contribution in [0.3, 0.4) is 0 Å². The Kier molecular flexibility index (Phi) is 5.29. The Morgan fingerprint density at radius 3 is 1.41 bits per heavy atom. The Balaban J connectivity index is 1.42. The molecule has 4 heteroatoms. The van der Waals surface area contributed by atoms with Crippen LogP contribution in [0.1, 0.15) is 11.0 Å². The largest absolute Gasteiger partial charge is 0.309 e. The minimum Gasteiger partial charge on any atom is -0.309 e. The van der Waals surface area contributed by atoms with Crippen molar-refractivity contribution in [3.8, 4) is 62.1 Å². The molecule has 0 fully saturated rings. The number of hydrogen-bond acceptors (Lipinski definition) is 3. The Morgan fingerprint density at radius 1 is 0.388 bits per heavy atom. The van der Waals surface area contributed by atoms with E-state index in [1.807, 2.05) is 121 Å². The summed E-state index contributed by atoms with van der Waals surface area (Å²) in [4.78, 5) is 15.0. The fourth-order valence-corrected chi connectivity index (χ4v) is 6.19. The summed E-state index contributed by atoms with van der Waals surface area (Å²) in [5.74, 6) is 1.04. The van der Waals surface area contributed by atoms with Crippen LogP contribution in [-0.4, -0.2) is 19.5 Å². The molecule has 0 amide bonds. The standard InChI is InChI=1S/C45H30N4/c1-4-15-31(16-5-1)34-21-14-22-35(29-34)36-27-28-42(49-40-25-12-10-23-37(40)38-24-11-13-26-41(38)49)39(30-36)45-47-43(32-17-6-2-7-18-32)46-44(48-45)33-19-8-3-9-20-33/h1-30H/i10D,11D,12D,13D,23D,24D,25D,26D. The maximum Gasteiger partial charge on any atom is 0.166 e. The van der Waals surface area contributed by atoms with Gasteiger partial charge in [-0.05, 0) is 52.5 Å². The number of benzene rings is 7. The van der Waals surface area contributed by atoms with E-state index in [2.05, 4.69) is 6.07 Å². The summed E-state index contributed by atoms with van der Waals surface area (Å²) >= 11 is 0. The molecule has 0 saturated carbocycles. The molecule has 0 aliphatic rings. The average Bonchev–Trinajstić information content (AvgIpc) is 3.63. The first-order valence-electron chi connectivity index (χ1n) is 19.8. The number of fused-ring (bicyclic) bond motifs is 3. The van der Waals surface area contributed by atoms with E-state index in [1.165, 1.54) is 4.57 Å². The zero-order valence-corrected chi connectivity index (χ0v) is 26.0. The maximum absolute atomic E-state index is 9.18. The van der Waals surface area contributed by atoms with Gasteiger partial charge >= 0.3 is 0 Å².